The van der Waals surface area contributed by atoms with Crippen molar-refractivity contribution in [2.75, 3.05) is 18.9 Å². The molecule has 2 aromatic carbocycles. The maximum Gasteiger partial charge on any atom is 0.337 e. The highest BCUT2D eigenvalue weighted by atomic mass is 32.2. The van der Waals surface area contributed by atoms with Crippen molar-refractivity contribution in [3.05, 3.63) is 66.2 Å². The van der Waals surface area contributed by atoms with Gasteiger partial charge in [-0.25, -0.2) is 13.2 Å². The van der Waals surface area contributed by atoms with E-state index < -0.39 is 44.8 Å². The number of nitrogens with one attached hydrogen (secondary N) is 3. The van der Waals surface area contributed by atoms with Gasteiger partial charge in [0, 0.05) is 31.1 Å². The lowest BCUT2D eigenvalue weighted by Gasteiger charge is -2.29. The second-order valence-corrected chi connectivity index (χ2v) is 17.7. The summed E-state index contributed by atoms with van der Waals surface area (Å²) >= 11 is 0. The average Bonchev–Trinajstić information content (AvgIpc) is 4.03. The molecule has 0 bridgehead atoms. The zero-order valence-electron chi connectivity index (χ0n) is 31.9. The van der Waals surface area contributed by atoms with Crippen LogP contribution >= 0.6 is 0 Å². The van der Waals surface area contributed by atoms with Gasteiger partial charge in [-0.2, -0.15) is 4.98 Å². The van der Waals surface area contributed by atoms with Crippen molar-refractivity contribution in [2.45, 2.75) is 108 Å². The minimum Gasteiger partial charge on any atom is -0.478 e. The van der Waals surface area contributed by atoms with Crippen LogP contribution in [0.4, 0.5) is 5.69 Å². The maximum absolute atomic E-state index is 14.4. The molecule has 1 saturated heterocycles. The van der Waals surface area contributed by atoms with Crippen LogP contribution in [0.25, 0.3) is 11.0 Å². The number of para-hydroxylation sites is 2. The van der Waals surface area contributed by atoms with E-state index >= 15 is 0 Å². The highest BCUT2D eigenvalue weighted by Crippen LogP contribution is 2.44. The Labute approximate surface area is 322 Å². The Morgan fingerprint density at radius 3 is 2.44 bits per heavy atom. The van der Waals surface area contributed by atoms with Gasteiger partial charge in [0.05, 0.1) is 22.4 Å². The van der Waals surface area contributed by atoms with Crippen LogP contribution in [0.15, 0.2) is 60.7 Å². The molecule has 3 aliphatic rings. The van der Waals surface area contributed by atoms with Crippen molar-refractivity contribution in [3.8, 4) is 6.01 Å². The Hall–Kier alpha value is -4.92. The molecule has 1 aliphatic heterocycles. The molecule has 3 fully saturated rings. The Morgan fingerprint density at radius 1 is 1.02 bits per heavy atom. The van der Waals surface area contributed by atoms with Crippen molar-refractivity contribution in [1.29, 1.82) is 0 Å². The van der Waals surface area contributed by atoms with E-state index in [1.807, 2.05) is 60.9 Å². The molecule has 5 unspecified atom stereocenters. The minimum absolute atomic E-state index is 0.0486. The third kappa shape index (κ3) is 8.98. The quantitative estimate of drug-likeness (QED) is 0.101. The van der Waals surface area contributed by atoms with Gasteiger partial charge in [0.1, 0.15) is 23.7 Å². The fourth-order valence-electron chi connectivity index (χ4n) is 7.30. The third-order valence-corrected chi connectivity index (χ3v) is 13.2. The van der Waals surface area contributed by atoms with Gasteiger partial charge in [-0.15, -0.1) is 0 Å². The molecular formula is C40H52N6O8S. The van der Waals surface area contributed by atoms with Crippen molar-refractivity contribution in [1.82, 2.24) is 24.5 Å². The number of carboxylic acids is 1. The molecule has 5 atom stereocenters. The molecule has 4 N–H and O–H groups in total. The van der Waals surface area contributed by atoms with Crippen LogP contribution in [0.2, 0.25) is 0 Å². The molecule has 1 aromatic heterocycles. The summed E-state index contributed by atoms with van der Waals surface area (Å²) in [5.74, 6) is -2.28. The number of amides is 3. The number of hydrogen-bond acceptors (Lipinski definition) is 9. The van der Waals surface area contributed by atoms with E-state index in [1.54, 1.807) is 24.0 Å². The van der Waals surface area contributed by atoms with Gasteiger partial charge in [-0.1, -0.05) is 49.3 Å². The van der Waals surface area contributed by atoms with Crippen molar-refractivity contribution in [2.24, 2.45) is 11.8 Å². The molecule has 15 heteroatoms. The summed E-state index contributed by atoms with van der Waals surface area (Å²) in [4.78, 5) is 58.2. The smallest absolute Gasteiger partial charge is 0.337 e. The third-order valence-electron chi connectivity index (χ3n) is 11.0. The van der Waals surface area contributed by atoms with E-state index in [1.165, 1.54) is 13.1 Å². The Bertz CT molecular complexity index is 2040. The molecule has 0 spiro atoms. The molecule has 6 rings (SSSR count). The van der Waals surface area contributed by atoms with Crippen LogP contribution < -0.4 is 20.1 Å². The molecule has 2 saturated carbocycles. The highest BCUT2D eigenvalue weighted by Gasteiger charge is 2.52. The fourth-order valence-corrected chi connectivity index (χ4v) is 8.60. The zero-order valence-corrected chi connectivity index (χ0v) is 32.7. The molecular weight excluding hydrogens is 725 g/mol. The predicted molar refractivity (Wildman–Crippen MR) is 208 cm³/mol. The number of anilines is 1. The first kappa shape index (κ1) is 39.8. The van der Waals surface area contributed by atoms with Gasteiger partial charge < -0.3 is 25.4 Å². The summed E-state index contributed by atoms with van der Waals surface area (Å²) in [7, 11) is -2.09. The lowest BCUT2D eigenvalue weighted by Crippen LogP contribution is -2.50. The standard InChI is InChI=1S/C40H52N6O8S/c1-25(2)46-32-19-13-17-29(38(50)51)34(32)43-39(46)54-28-23-33(36(48)41-4)45(24-28)37(49)31(42-27-15-10-8-11-16-27)18-12-7-5-6-9-14-26-22-30(26)35(47)44-55(52,53)40(3)20-21-40/h8-11,13-17,19,25-26,28,30-31,33,42H,5-7,12,18,20-24H2,1-4H3,(H,41,48)(H,44,47)(H,50,51). The first-order chi connectivity index (χ1) is 26.2. The number of benzene rings is 2. The summed E-state index contributed by atoms with van der Waals surface area (Å²) in [5, 5.41) is 15.9. The normalized spacial score (nSPS) is 22.1. The van der Waals surface area contributed by atoms with Crippen LogP contribution in [0.5, 0.6) is 6.01 Å². The number of nitrogens with zero attached hydrogens (tertiary/aromatic N) is 3. The number of rotatable bonds is 18. The van der Waals surface area contributed by atoms with E-state index in [0.29, 0.717) is 36.7 Å². The van der Waals surface area contributed by atoms with E-state index in [-0.39, 0.29) is 54.2 Å². The number of carboxylic acid groups (broad SMARTS) is 1. The Morgan fingerprint density at radius 2 is 1.76 bits per heavy atom. The van der Waals surface area contributed by atoms with Gasteiger partial charge in [-0.3, -0.25) is 23.7 Å². The summed E-state index contributed by atoms with van der Waals surface area (Å²) in [5.41, 5.74) is 1.78. The first-order valence-corrected chi connectivity index (χ1v) is 20.7. The summed E-state index contributed by atoms with van der Waals surface area (Å²) in [6.07, 6.45) is 9.32. The number of fused-ring (bicyclic) bond motifs is 1. The Kier molecular flexibility index (Phi) is 11.9. The first-order valence-electron chi connectivity index (χ1n) is 19.2. The van der Waals surface area contributed by atoms with E-state index in [4.69, 9.17) is 4.74 Å². The summed E-state index contributed by atoms with van der Waals surface area (Å²) in [6.45, 7) is 5.71. The number of allylic oxidation sites excluding steroid dienone is 2. The Balaban J connectivity index is 1.07. The van der Waals surface area contributed by atoms with Crippen molar-refractivity contribution < 1.29 is 37.4 Å². The topological polar surface area (TPSA) is 189 Å². The predicted octanol–water partition coefficient (Wildman–Crippen LogP) is 5.03. The second-order valence-electron chi connectivity index (χ2n) is 15.5. The van der Waals surface area contributed by atoms with Gasteiger partial charge in [0.2, 0.25) is 27.7 Å². The van der Waals surface area contributed by atoms with Gasteiger partial charge in [-0.05, 0) is 89.5 Å². The zero-order chi connectivity index (χ0) is 39.5. The van der Waals surface area contributed by atoms with E-state index in [2.05, 4.69) is 20.3 Å². The summed E-state index contributed by atoms with van der Waals surface area (Å²) < 4.78 is 34.5. The molecule has 2 heterocycles. The maximum atomic E-state index is 14.4. The minimum atomic E-state index is -3.63. The largest absolute Gasteiger partial charge is 0.478 e. The summed E-state index contributed by atoms with van der Waals surface area (Å²) in [6, 6.07) is 13.2. The molecule has 3 aromatic rings. The van der Waals surface area contributed by atoms with Gasteiger partial charge in [0.25, 0.3) is 6.01 Å². The number of hydrogen-bond donors (Lipinski definition) is 4. The molecule has 3 amide bonds. The lowest BCUT2D eigenvalue weighted by atomic mass is 10.0. The number of likely N-dealkylation sites (N-methyl/N-ethyl adjacent to an activating group) is 1. The van der Waals surface area contributed by atoms with Crippen LogP contribution in [0, 0.1) is 11.8 Å². The number of ether oxygens (including phenoxy) is 1. The highest BCUT2D eigenvalue weighted by molar-refractivity contribution is 7.91. The number of imidazole rings is 1. The van der Waals surface area contributed by atoms with Crippen molar-refractivity contribution in [3.63, 3.8) is 0 Å². The number of sulfonamides is 1. The van der Waals surface area contributed by atoms with Crippen LogP contribution in [-0.2, 0) is 24.4 Å². The van der Waals surface area contributed by atoms with E-state index in [9.17, 15) is 32.7 Å². The number of carbonyl (C=O) groups excluding carboxylic acids is 3. The second kappa shape index (κ2) is 16.4. The molecule has 55 heavy (non-hydrogen) atoms. The van der Waals surface area contributed by atoms with Crippen LogP contribution in [0.3, 0.4) is 0 Å². The van der Waals surface area contributed by atoms with Gasteiger partial charge >= 0.3 is 5.97 Å². The van der Waals surface area contributed by atoms with E-state index in [0.717, 1.165) is 31.4 Å². The average molecular weight is 777 g/mol. The molecule has 296 valence electrons. The number of aromatic nitrogens is 2. The monoisotopic (exact) mass is 776 g/mol. The van der Waals surface area contributed by atoms with Crippen molar-refractivity contribution >= 4 is 50.4 Å². The number of likely N-dealkylation sites (tertiary alicyclic amines) is 1. The molecule has 0 radical (unpaired) electrons. The number of aromatic carboxylic acids is 1. The lowest BCUT2D eigenvalue weighted by molar-refractivity contribution is -0.139. The number of unbranched alkanes of at least 4 members (excludes halogenated alkanes) is 3. The molecule has 14 nitrogen and oxygen atoms in total. The van der Waals surface area contributed by atoms with Crippen LogP contribution in [-0.4, -0.2) is 88.2 Å². The fraction of sp³-hybridized carbons (Fsp3) is 0.525. The SMILES string of the molecule is CNC(=O)C1CC(Oc2nc3c(C(=O)O)cccc3n2C(C)C)CN1C(=O)C(CCCCCC=CC1CC1C(=O)NS(=O)(=O)C1(C)CC1)Nc1ccccc1. The van der Waals surface area contributed by atoms with Gasteiger partial charge in [0.15, 0.2) is 0 Å². The molecule has 2 aliphatic carbocycles. The number of carbonyl (C=O) groups is 4. The van der Waals surface area contributed by atoms with Crippen LogP contribution in [0.1, 0.15) is 95.0 Å².